The number of aromatic nitrogens is 4. The summed E-state index contributed by atoms with van der Waals surface area (Å²) >= 11 is 3.69. The maximum absolute atomic E-state index is 11.4. The quantitative estimate of drug-likeness (QED) is 0.344. The van der Waals surface area contributed by atoms with Crippen molar-refractivity contribution in [3.05, 3.63) is 58.1 Å². The van der Waals surface area contributed by atoms with Crippen LogP contribution in [0.1, 0.15) is 6.92 Å². The van der Waals surface area contributed by atoms with Gasteiger partial charge in [-0.3, -0.25) is 19.5 Å². The number of carbonyl (C=O) groups excluding carboxylic acids is 1. The molecule has 4 rings (SSSR count). The van der Waals surface area contributed by atoms with E-state index in [0.29, 0.717) is 21.0 Å². The van der Waals surface area contributed by atoms with Crippen LogP contribution in [0.4, 0.5) is 10.7 Å². The lowest BCUT2D eigenvalue weighted by molar-refractivity contribution is -0.380. The van der Waals surface area contributed by atoms with E-state index >= 15 is 0 Å². The van der Waals surface area contributed by atoms with Crippen molar-refractivity contribution in [1.29, 1.82) is 0 Å². The molecule has 0 saturated heterocycles. The van der Waals surface area contributed by atoms with Gasteiger partial charge in [-0.1, -0.05) is 12.1 Å². The first-order valence-corrected chi connectivity index (χ1v) is 10.7. The Morgan fingerprint density at radius 2 is 2.14 bits per heavy atom. The molecule has 0 atom stereocenters. The van der Waals surface area contributed by atoms with Crippen molar-refractivity contribution in [2.75, 3.05) is 5.32 Å². The smallest absolute Gasteiger partial charge is 0.326 e. The van der Waals surface area contributed by atoms with Gasteiger partial charge in [-0.05, 0) is 52.7 Å². The number of benzene rings is 1. The van der Waals surface area contributed by atoms with Crippen LogP contribution in [0.2, 0.25) is 0 Å². The van der Waals surface area contributed by atoms with Gasteiger partial charge in [0.25, 0.3) is 0 Å². The van der Waals surface area contributed by atoms with Gasteiger partial charge >= 0.3 is 5.00 Å². The zero-order valence-electron chi connectivity index (χ0n) is 14.8. The van der Waals surface area contributed by atoms with Gasteiger partial charge in [0.05, 0.1) is 15.5 Å². The van der Waals surface area contributed by atoms with E-state index in [4.69, 9.17) is 0 Å². The molecule has 12 heteroatoms. The molecule has 0 aliphatic carbocycles. The third-order valence-electron chi connectivity index (χ3n) is 3.63. The van der Waals surface area contributed by atoms with Crippen molar-refractivity contribution in [3.63, 3.8) is 0 Å². The van der Waals surface area contributed by atoms with E-state index in [2.05, 4.69) is 20.5 Å². The Bertz CT molecular complexity index is 1180. The van der Waals surface area contributed by atoms with E-state index < -0.39 is 4.92 Å². The summed E-state index contributed by atoms with van der Waals surface area (Å²) in [6.07, 6.45) is 1.23. The molecule has 9 nitrogen and oxygen atoms in total. The highest BCUT2D eigenvalue weighted by Gasteiger charge is 2.20. The summed E-state index contributed by atoms with van der Waals surface area (Å²) in [6.45, 7) is 1.44. The highest BCUT2D eigenvalue weighted by Crippen LogP contribution is 2.37. The van der Waals surface area contributed by atoms with Gasteiger partial charge in [-0.25, -0.2) is 4.98 Å². The topological polar surface area (TPSA) is 116 Å². The van der Waals surface area contributed by atoms with Crippen molar-refractivity contribution in [1.82, 2.24) is 19.7 Å². The molecule has 4 aromatic rings. The number of thiazole rings is 1. The summed E-state index contributed by atoms with van der Waals surface area (Å²) in [7, 11) is 0. The maximum atomic E-state index is 11.4. The van der Waals surface area contributed by atoms with Crippen molar-refractivity contribution in [2.45, 2.75) is 16.4 Å². The lowest BCUT2D eigenvalue weighted by Gasteiger charge is -2.10. The van der Waals surface area contributed by atoms with E-state index in [-0.39, 0.29) is 10.9 Å². The lowest BCUT2D eigenvalue weighted by atomic mass is 10.2. The van der Waals surface area contributed by atoms with Crippen LogP contribution in [0.15, 0.2) is 57.5 Å². The third kappa shape index (κ3) is 4.18. The highest BCUT2D eigenvalue weighted by molar-refractivity contribution is 8.01. The van der Waals surface area contributed by atoms with Crippen molar-refractivity contribution in [3.8, 4) is 16.4 Å². The fourth-order valence-electron chi connectivity index (χ4n) is 2.52. The summed E-state index contributed by atoms with van der Waals surface area (Å²) in [5, 5.41) is 24.7. The minimum Gasteiger partial charge on any atom is -0.326 e. The molecule has 3 heterocycles. The molecular formula is C17H12N6O3S3. The number of nitrogens with zero attached hydrogens (tertiary/aromatic N) is 5. The predicted molar refractivity (Wildman–Crippen MR) is 112 cm³/mol. The SMILES string of the molecule is CC(=O)Nc1cccc(-n2c(Sc3ncc([N+](=O)[O-])s3)nnc2-c2cccs2)c1. The molecule has 0 saturated carbocycles. The second-order valence-electron chi connectivity index (χ2n) is 5.67. The van der Waals surface area contributed by atoms with E-state index in [1.807, 2.05) is 40.3 Å². The molecule has 0 spiro atoms. The number of nitrogens with one attached hydrogen (secondary N) is 1. The molecule has 29 heavy (non-hydrogen) atoms. The van der Waals surface area contributed by atoms with Gasteiger partial charge in [-0.2, -0.15) is 0 Å². The molecule has 0 bridgehead atoms. The molecule has 0 unspecified atom stereocenters. The van der Waals surface area contributed by atoms with Crippen molar-refractivity contribution in [2.24, 2.45) is 0 Å². The second kappa shape index (κ2) is 8.11. The van der Waals surface area contributed by atoms with Crippen LogP contribution in [0.25, 0.3) is 16.4 Å². The van der Waals surface area contributed by atoms with Gasteiger partial charge in [-0.15, -0.1) is 21.5 Å². The zero-order chi connectivity index (χ0) is 20.4. The standard InChI is InChI=1S/C17H12N6O3S3/c1-10(24)19-11-4-2-5-12(8-11)22-15(13-6-3-7-27-13)20-21-16(22)29-17-18-9-14(28-17)23(25)26/h2-9H,1H3,(H,19,24). The molecule has 1 aromatic carbocycles. The van der Waals surface area contributed by atoms with Crippen LogP contribution in [-0.2, 0) is 4.79 Å². The van der Waals surface area contributed by atoms with Crippen LogP contribution in [-0.4, -0.2) is 30.6 Å². The van der Waals surface area contributed by atoms with E-state index in [1.54, 1.807) is 6.07 Å². The fraction of sp³-hybridized carbons (Fsp3) is 0.0588. The largest absolute Gasteiger partial charge is 0.344 e. The van der Waals surface area contributed by atoms with E-state index in [0.717, 1.165) is 21.9 Å². The van der Waals surface area contributed by atoms with Crippen molar-refractivity contribution >= 4 is 51.0 Å². The zero-order valence-corrected chi connectivity index (χ0v) is 17.3. The molecule has 0 fully saturated rings. The lowest BCUT2D eigenvalue weighted by Crippen LogP contribution is -2.06. The number of amides is 1. The molecule has 3 aromatic heterocycles. The van der Waals surface area contributed by atoms with Crippen LogP contribution in [0.5, 0.6) is 0 Å². The van der Waals surface area contributed by atoms with Crippen LogP contribution >= 0.6 is 34.4 Å². The number of thiophene rings is 1. The number of rotatable bonds is 6. The molecule has 0 aliphatic heterocycles. The first kappa shape index (κ1) is 19.2. The summed E-state index contributed by atoms with van der Waals surface area (Å²) in [5.41, 5.74) is 1.39. The number of anilines is 1. The molecular weight excluding hydrogens is 432 g/mol. The Kier molecular flexibility index (Phi) is 5.38. The first-order valence-electron chi connectivity index (χ1n) is 8.16. The Morgan fingerprint density at radius 1 is 1.28 bits per heavy atom. The Hall–Kier alpha value is -3.09. The van der Waals surface area contributed by atoms with Gasteiger partial charge in [0, 0.05) is 12.6 Å². The molecule has 0 aliphatic rings. The van der Waals surface area contributed by atoms with Gasteiger partial charge < -0.3 is 5.32 Å². The molecule has 1 N–H and O–H groups in total. The average Bonchev–Trinajstić information content (AvgIpc) is 3.42. The normalized spacial score (nSPS) is 10.8. The minimum absolute atomic E-state index is 0.0373. The van der Waals surface area contributed by atoms with E-state index in [9.17, 15) is 14.9 Å². The van der Waals surface area contributed by atoms with Gasteiger partial charge in [0.2, 0.25) is 11.1 Å². The average molecular weight is 445 g/mol. The van der Waals surface area contributed by atoms with E-state index in [1.165, 1.54) is 36.2 Å². The minimum atomic E-state index is -0.472. The van der Waals surface area contributed by atoms with Crippen molar-refractivity contribution < 1.29 is 9.72 Å². The highest BCUT2D eigenvalue weighted by atomic mass is 32.2. The number of nitro groups is 1. The van der Waals surface area contributed by atoms with Gasteiger partial charge in [0.15, 0.2) is 10.2 Å². The molecule has 1 amide bonds. The predicted octanol–water partition coefficient (Wildman–Crippen LogP) is 4.47. The Morgan fingerprint density at radius 3 is 2.83 bits per heavy atom. The van der Waals surface area contributed by atoms with Crippen LogP contribution in [0, 0.1) is 10.1 Å². The monoisotopic (exact) mass is 444 g/mol. The second-order valence-corrected chi connectivity index (χ2v) is 8.85. The maximum Gasteiger partial charge on any atom is 0.344 e. The molecule has 146 valence electrons. The number of hydrogen-bond donors (Lipinski definition) is 1. The first-order chi connectivity index (χ1) is 14.0. The van der Waals surface area contributed by atoms with Crippen LogP contribution < -0.4 is 5.32 Å². The summed E-state index contributed by atoms with van der Waals surface area (Å²) in [4.78, 5) is 26.9. The summed E-state index contributed by atoms with van der Waals surface area (Å²) in [6, 6.07) is 11.2. The fourth-order valence-corrected chi connectivity index (χ4v) is 4.96. The molecule has 0 radical (unpaired) electrons. The van der Waals surface area contributed by atoms with Gasteiger partial charge in [0.1, 0.15) is 6.20 Å². The Balaban J connectivity index is 1.78. The summed E-state index contributed by atoms with van der Waals surface area (Å²) in [5.74, 6) is 0.461. The third-order valence-corrected chi connectivity index (χ3v) is 6.47. The van der Waals surface area contributed by atoms with Crippen LogP contribution in [0.3, 0.4) is 0 Å². The summed E-state index contributed by atoms with van der Waals surface area (Å²) < 4.78 is 2.33. The Labute approximate surface area is 176 Å². The number of hydrogen-bond acceptors (Lipinski definition) is 9. The number of carbonyl (C=O) groups is 1.